The van der Waals surface area contributed by atoms with Crippen molar-refractivity contribution in [1.29, 1.82) is 0 Å². The number of halogens is 3. The van der Waals surface area contributed by atoms with E-state index in [4.69, 9.17) is 23.2 Å². The summed E-state index contributed by atoms with van der Waals surface area (Å²) in [7, 11) is -4.36. The van der Waals surface area contributed by atoms with Gasteiger partial charge < -0.3 is 10.2 Å². The minimum absolute atomic E-state index is 0.0593. The van der Waals surface area contributed by atoms with Gasteiger partial charge in [-0.15, -0.1) is 0 Å². The summed E-state index contributed by atoms with van der Waals surface area (Å²) in [6.45, 7) is 4.53. The molecular weight excluding hydrogens is 564 g/mol. The molecule has 0 aromatic heterocycles. The quantitative estimate of drug-likeness (QED) is 0.311. The molecule has 0 radical (unpaired) electrons. The fourth-order valence-corrected chi connectivity index (χ4v) is 5.79. The van der Waals surface area contributed by atoms with E-state index in [9.17, 15) is 22.4 Å². The molecule has 0 spiro atoms. The van der Waals surface area contributed by atoms with Crippen molar-refractivity contribution in [2.24, 2.45) is 0 Å². The van der Waals surface area contributed by atoms with Gasteiger partial charge in [-0.2, -0.15) is 0 Å². The standard InChI is InChI=1S/C28H30Cl2FN3O4S/c1-4-25(28(36)32-19(2)3)33(17-20-14-15-22(29)23(30)16-20)27(35)18-34(26-13-9-8-12-24(26)31)39(37,38)21-10-6-5-7-11-21/h5-16,19,25H,4,17-18H2,1-3H3,(H,32,36). The number of hydrogen-bond donors (Lipinski definition) is 1. The smallest absolute Gasteiger partial charge is 0.264 e. The Morgan fingerprint density at radius 1 is 0.949 bits per heavy atom. The molecule has 0 aliphatic carbocycles. The predicted octanol–water partition coefficient (Wildman–Crippen LogP) is 5.66. The van der Waals surface area contributed by atoms with E-state index in [1.54, 1.807) is 45.0 Å². The Bertz CT molecular complexity index is 1420. The van der Waals surface area contributed by atoms with Gasteiger partial charge >= 0.3 is 0 Å². The second-order valence-corrected chi connectivity index (χ2v) is 11.8. The summed E-state index contributed by atoms with van der Waals surface area (Å²) in [4.78, 5) is 28.2. The van der Waals surface area contributed by atoms with E-state index < -0.39 is 40.2 Å². The molecule has 0 aliphatic rings. The van der Waals surface area contributed by atoms with Gasteiger partial charge in [-0.05, 0) is 62.2 Å². The highest BCUT2D eigenvalue weighted by Crippen LogP contribution is 2.28. The highest BCUT2D eigenvalue weighted by molar-refractivity contribution is 7.92. The molecule has 208 valence electrons. The SMILES string of the molecule is CCC(C(=O)NC(C)C)N(Cc1ccc(Cl)c(Cl)c1)C(=O)CN(c1ccccc1F)S(=O)(=O)c1ccccc1. The van der Waals surface area contributed by atoms with Crippen LogP contribution < -0.4 is 9.62 Å². The molecule has 0 bridgehead atoms. The maximum atomic E-state index is 14.9. The van der Waals surface area contributed by atoms with Crippen LogP contribution in [0.3, 0.4) is 0 Å². The largest absolute Gasteiger partial charge is 0.352 e. The predicted molar refractivity (Wildman–Crippen MR) is 152 cm³/mol. The lowest BCUT2D eigenvalue weighted by atomic mass is 10.1. The average Bonchev–Trinajstić information content (AvgIpc) is 2.89. The minimum atomic E-state index is -4.36. The number of rotatable bonds is 11. The summed E-state index contributed by atoms with van der Waals surface area (Å²) in [5.74, 6) is -1.91. The van der Waals surface area contributed by atoms with E-state index in [2.05, 4.69) is 5.32 Å². The molecule has 0 saturated carbocycles. The molecule has 0 fully saturated rings. The van der Waals surface area contributed by atoms with E-state index in [0.29, 0.717) is 10.6 Å². The van der Waals surface area contributed by atoms with Crippen LogP contribution in [-0.2, 0) is 26.2 Å². The molecule has 0 heterocycles. The van der Waals surface area contributed by atoms with Gasteiger partial charge in [0.15, 0.2) is 0 Å². The summed E-state index contributed by atoms with van der Waals surface area (Å²) < 4.78 is 43.0. The zero-order chi connectivity index (χ0) is 28.7. The third kappa shape index (κ3) is 7.50. The van der Waals surface area contributed by atoms with Crippen molar-refractivity contribution in [1.82, 2.24) is 10.2 Å². The summed E-state index contributed by atoms with van der Waals surface area (Å²) in [6, 6.07) is 16.4. The molecule has 39 heavy (non-hydrogen) atoms. The van der Waals surface area contributed by atoms with Crippen molar-refractivity contribution in [3.05, 3.63) is 94.2 Å². The van der Waals surface area contributed by atoms with Crippen LogP contribution in [0.2, 0.25) is 10.0 Å². The van der Waals surface area contributed by atoms with Crippen LogP contribution in [0.4, 0.5) is 10.1 Å². The van der Waals surface area contributed by atoms with Crippen LogP contribution in [0.25, 0.3) is 0 Å². The maximum absolute atomic E-state index is 14.9. The Hall–Kier alpha value is -3.14. The van der Waals surface area contributed by atoms with Crippen LogP contribution in [0, 0.1) is 5.82 Å². The third-order valence-electron chi connectivity index (χ3n) is 5.88. The maximum Gasteiger partial charge on any atom is 0.264 e. The van der Waals surface area contributed by atoms with E-state index in [0.717, 1.165) is 10.4 Å². The van der Waals surface area contributed by atoms with E-state index in [1.165, 1.54) is 47.4 Å². The summed E-state index contributed by atoms with van der Waals surface area (Å²) in [5, 5.41) is 3.40. The number of hydrogen-bond acceptors (Lipinski definition) is 4. The normalized spacial score (nSPS) is 12.2. The Morgan fingerprint density at radius 3 is 2.18 bits per heavy atom. The molecule has 3 aromatic carbocycles. The lowest BCUT2D eigenvalue weighted by Crippen LogP contribution is -2.53. The number of carbonyl (C=O) groups is 2. The van der Waals surface area contributed by atoms with Crippen molar-refractivity contribution >= 4 is 50.7 Å². The highest BCUT2D eigenvalue weighted by atomic mass is 35.5. The lowest BCUT2D eigenvalue weighted by Gasteiger charge is -2.33. The molecule has 2 amide bonds. The number of para-hydroxylation sites is 1. The second-order valence-electron chi connectivity index (χ2n) is 9.13. The lowest BCUT2D eigenvalue weighted by molar-refractivity contribution is -0.140. The van der Waals surface area contributed by atoms with Crippen LogP contribution in [0.5, 0.6) is 0 Å². The zero-order valence-electron chi connectivity index (χ0n) is 21.8. The summed E-state index contributed by atoms with van der Waals surface area (Å²) in [6.07, 6.45) is 0.247. The highest BCUT2D eigenvalue weighted by Gasteiger charge is 2.34. The molecule has 0 saturated heterocycles. The molecule has 11 heteroatoms. The van der Waals surface area contributed by atoms with E-state index in [1.807, 2.05) is 0 Å². The number of amides is 2. The Morgan fingerprint density at radius 2 is 1.59 bits per heavy atom. The Balaban J connectivity index is 2.08. The second kappa shape index (κ2) is 13.3. The molecule has 3 aromatic rings. The summed E-state index contributed by atoms with van der Waals surface area (Å²) in [5.41, 5.74) is 0.292. The van der Waals surface area contributed by atoms with Crippen molar-refractivity contribution in [3.8, 4) is 0 Å². The minimum Gasteiger partial charge on any atom is -0.352 e. The first-order valence-corrected chi connectivity index (χ1v) is 14.5. The van der Waals surface area contributed by atoms with Gasteiger partial charge in [0, 0.05) is 12.6 Å². The Kier molecular flexibility index (Phi) is 10.4. The van der Waals surface area contributed by atoms with Gasteiger partial charge in [-0.1, -0.05) is 66.5 Å². The van der Waals surface area contributed by atoms with Gasteiger partial charge in [-0.3, -0.25) is 13.9 Å². The van der Waals surface area contributed by atoms with Crippen LogP contribution in [-0.4, -0.2) is 43.8 Å². The topological polar surface area (TPSA) is 86.8 Å². The number of anilines is 1. The molecule has 7 nitrogen and oxygen atoms in total. The fourth-order valence-electron chi connectivity index (χ4n) is 4.02. The monoisotopic (exact) mass is 593 g/mol. The van der Waals surface area contributed by atoms with Gasteiger partial charge in [0.25, 0.3) is 10.0 Å². The van der Waals surface area contributed by atoms with Crippen molar-refractivity contribution in [3.63, 3.8) is 0 Å². The summed E-state index contributed by atoms with van der Waals surface area (Å²) >= 11 is 12.2. The van der Waals surface area contributed by atoms with Gasteiger partial charge in [-0.25, -0.2) is 12.8 Å². The molecule has 1 N–H and O–H groups in total. The third-order valence-corrected chi connectivity index (χ3v) is 8.40. The van der Waals surface area contributed by atoms with E-state index >= 15 is 0 Å². The first kappa shape index (κ1) is 30.4. The molecule has 0 aliphatic heterocycles. The van der Waals surface area contributed by atoms with Crippen molar-refractivity contribution in [2.45, 2.75) is 50.7 Å². The number of nitrogens with zero attached hydrogens (tertiary/aromatic N) is 2. The fraction of sp³-hybridized carbons (Fsp3) is 0.286. The average molecular weight is 595 g/mol. The molecule has 1 unspecified atom stereocenters. The molecular formula is C28H30Cl2FN3O4S. The first-order chi connectivity index (χ1) is 18.4. The van der Waals surface area contributed by atoms with Crippen LogP contribution >= 0.6 is 23.2 Å². The number of carbonyl (C=O) groups excluding carboxylic acids is 2. The van der Waals surface area contributed by atoms with Crippen molar-refractivity contribution in [2.75, 3.05) is 10.8 Å². The van der Waals surface area contributed by atoms with Gasteiger partial charge in [0.1, 0.15) is 18.4 Å². The number of benzene rings is 3. The zero-order valence-corrected chi connectivity index (χ0v) is 24.1. The number of nitrogens with one attached hydrogen (secondary N) is 1. The number of sulfonamides is 1. The van der Waals surface area contributed by atoms with Crippen LogP contribution in [0.15, 0.2) is 77.7 Å². The van der Waals surface area contributed by atoms with Gasteiger partial charge in [0.05, 0.1) is 20.6 Å². The van der Waals surface area contributed by atoms with E-state index in [-0.39, 0.29) is 34.6 Å². The van der Waals surface area contributed by atoms with Crippen LogP contribution in [0.1, 0.15) is 32.8 Å². The van der Waals surface area contributed by atoms with Crippen molar-refractivity contribution < 1.29 is 22.4 Å². The molecule has 1 atom stereocenters. The first-order valence-electron chi connectivity index (χ1n) is 12.3. The Labute approximate surface area is 238 Å². The van der Waals surface area contributed by atoms with Gasteiger partial charge in [0.2, 0.25) is 11.8 Å². The molecule has 3 rings (SSSR count).